The number of aliphatic carboxylic acids is 1. The summed E-state index contributed by atoms with van der Waals surface area (Å²) in [5, 5.41) is 8.61. The van der Waals surface area contributed by atoms with Gasteiger partial charge in [-0.05, 0) is 25.2 Å². The molecule has 0 aromatic rings. The number of hydrogen-bond donors (Lipinski definition) is 2. The molecule has 0 rings (SSSR count). The Labute approximate surface area is 79.6 Å². The Morgan fingerprint density at radius 2 is 2.23 bits per heavy atom. The Morgan fingerprint density at radius 1 is 1.62 bits per heavy atom. The van der Waals surface area contributed by atoms with Crippen molar-refractivity contribution in [3.63, 3.8) is 0 Å². The predicted molar refractivity (Wildman–Crippen MR) is 53.4 cm³/mol. The highest BCUT2D eigenvalue weighted by Gasteiger charge is 2.18. The highest BCUT2D eigenvalue weighted by Crippen LogP contribution is 2.12. The topological polar surface area (TPSA) is 63.3 Å². The molecule has 13 heavy (non-hydrogen) atoms. The maximum atomic E-state index is 10.5. The number of nitrogens with two attached hydrogens (primary N) is 1. The number of carbonyl (C=O) groups is 1. The number of hydrogen-bond acceptors (Lipinski definition) is 2. The lowest BCUT2D eigenvalue weighted by Crippen LogP contribution is -2.36. The van der Waals surface area contributed by atoms with E-state index in [0.29, 0.717) is 0 Å². The van der Waals surface area contributed by atoms with Crippen molar-refractivity contribution in [2.75, 3.05) is 0 Å². The van der Waals surface area contributed by atoms with Gasteiger partial charge in [0.25, 0.3) is 0 Å². The van der Waals surface area contributed by atoms with Crippen molar-refractivity contribution in [3.8, 4) is 0 Å². The number of carboxylic acids is 1. The summed E-state index contributed by atoms with van der Waals surface area (Å²) in [5.41, 5.74) is 5.46. The molecule has 3 nitrogen and oxygen atoms in total. The molecule has 2 atom stereocenters. The fourth-order valence-electron chi connectivity index (χ4n) is 1.18. The molecule has 76 valence electrons. The smallest absolute Gasteiger partial charge is 0.320 e. The molecule has 3 N–H and O–H groups in total. The van der Waals surface area contributed by atoms with Crippen LogP contribution < -0.4 is 5.73 Å². The van der Waals surface area contributed by atoms with Crippen LogP contribution in [0, 0.1) is 5.92 Å². The summed E-state index contributed by atoms with van der Waals surface area (Å²) in [5.74, 6) is -0.849. The first-order valence-electron chi connectivity index (χ1n) is 4.69. The molecule has 0 radical (unpaired) electrons. The molecule has 0 saturated heterocycles. The van der Waals surface area contributed by atoms with Crippen LogP contribution in [0.4, 0.5) is 0 Å². The second-order valence-corrected chi connectivity index (χ2v) is 3.41. The Morgan fingerprint density at radius 3 is 2.69 bits per heavy atom. The first-order chi connectivity index (χ1) is 6.09. The Hall–Kier alpha value is -0.830. The molecule has 3 heteroatoms. The number of carboxylic acid groups (broad SMARTS) is 1. The first-order valence-corrected chi connectivity index (χ1v) is 4.69. The molecular formula is C10H19NO2. The molecule has 0 fully saturated rings. The standard InChI is InChI=1S/C10H19NO2/c1-3-4-5-6-7-8(2)9(11)10(12)13/h3,8-9H,1,4-7,11H2,2H3,(H,12,13)/t8-,9+/m1/s1. The van der Waals surface area contributed by atoms with Crippen molar-refractivity contribution in [1.82, 2.24) is 0 Å². The minimum Gasteiger partial charge on any atom is -0.480 e. The lowest BCUT2D eigenvalue weighted by Gasteiger charge is -2.14. The van der Waals surface area contributed by atoms with E-state index in [1.165, 1.54) is 0 Å². The van der Waals surface area contributed by atoms with Gasteiger partial charge in [0, 0.05) is 0 Å². The van der Waals surface area contributed by atoms with Crippen molar-refractivity contribution in [3.05, 3.63) is 12.7 Å². The summed E-state index contributed by atoms with van der Waals surface area (Å²) in [6, 6.07) is -0.719. The summed E-state index contributed by atoms with van der Waals surface area (Å²) >= 11 is 0. The van der Waals surface area contributed by atoms with E-state index in [9.17, 15) is 4.79 Å². The van der Waals surface area contributed by atoms with E-state index in [0.717, 1.165) is 25.7 Å². The zero-order valence-electron chi connectivity index (χ0n) is 8.20. The molecule has 0 aromatic carbocycles. The molecule has 0 unspecified atom stereocenters. The molecule has 0 aromatic heterocycles. The molecular weight excluding hydrogens is 166 g/mol. The third kappa shape index (κ3) is 5.42. The normalized spacial score (nSPS) is 14.9. The summed E-state index contributed by atoms with van der Waals surface area (Å²) < 4.78 is 0. The van der Waals surface area contributed by atoms with Crippen LogP contribution in [-0.4, -0.2) is 17.1 Å². The quantitative estimate of drug-likeness (QED) is 0.469. The van der Waals surface area contributed by atoms with E-state index in [4.69, 9.17) is 10.8 Å². The van der Waals surface area contributed by atoms with E-state index in [-0.39, 0.29) is 5.92 Å². The zero-order chi connectivity index (χ0) is 10.3. The Kier molecular flexibility index (Phi) is 6.24. The van der Waals surface area contributed by atoms with Crippen LogP contribution in [0.2, 0.25) is 0 Å². The predicted octanol–water partition coefficient (Wildman–Crippen LogP) is 1.78. The third-order valence-electron chi connectivity index (χ3n) is 2.22. The van der Waals surface area contributed by atoms with Crippen molar-refractivity contribution in [1.29, 1.82) is 0 Å². The van der Waals surface area contributed by atoms with Gasteiger partial charge < -0.3 is 10.8 Å². The van der Waals surface area contributed by atoms with Crippen LogP contribution in [-0.2, 0) is 4.79 Å². The molecule has 0 heterocycles. The summed E-state index contributed by atoms with van der Waals surface area (Å²) in [4.78, 5) is 10.5. The van der Waals surface area contributed by atoms with Crippen LogP contribution in [0.25, 0.3) is 0 Å². The van der Waals surface area contributed by atoms with E-state index >= 15 is 0 Å². The van der Waals surface area contributed by atoms with Gasteiger partial charge in [-0.1, -0.05) is 19.4 Å². The SMILES string of the molecule is C=CCCCC[C@@H](C)[C@H](N)C(=O)O. The summed E-state index contributed by atoms with van der Waals surface area (Å²) in [6.07, 6.45) is 5.84. The van der Waals surface area contributed by atoms with Gasteiger partial charge in [0.15, 0.2) is 0 Å². The molecule has 0 spiro atoms. The average Bonchev–Trinajstić information content (AvgIpc) is 2.10. The lowest BCUT2D eigenvalue weighted by molar-refractivity contribution is -0.139. The average molecular weight is 185 g/mol. The largest absolute Gasteiger partial charge is 0.480 e. The number of rotatable bonds is 7. The van der Waals surface area contributed by atoms with E-state index < -0.39 is 12.0 Å². The first kappa shape index (κ1) is 12.2. The van der Waals surface area contributed by atoms with Crippen LogP contribution >= 0.6 is 0 Å². The minimum atomic E-state index is -0.906. The van der Waals surface area contributed by atoms with E-state index in [2.05, 4.69) is 6.58 Å². The molecule has 0 amide bonds. The van der Waals surface area contributed by atoms with E-state index in [1.54, 1.807) is 0 Å². The van der Waals surface area contributed by atoms with Crippen molar-refractivity contribution in [2.24, 2.45) is 11.7 Å². The van der Waals surface area contributed by atoms with Gasteiger partial charge in [0.1, 0.15) is 6.04 Å². The van der Waals surface area contributed by atoms with Crippen LogP contribution in [0.15, 0.2) is 12.7 Å². The van der Waals surface area contributed by atoms with Gasteiger partial charge in [-0.25, -0.2) is 0 Å². The van der Waals surface area contributed by atoms with Crippen LogP contribution in [0.5, 0.6) is 0 Å². The Bertz CT molecular complexity index is 168. The fraction of sp³-hybridized carbons (Fsp3) is 0.700. The molecule has 0 bridgehead atoms. The number of allylic oxidation sites excluding steroid dienone is 1. The van der Waals surface area contributed by atoms with Crippen LogP contribution in [0.3, 0.4) is 0 Å². The van der Waals surface area contributed by atoms with Gasteiger partial charge in [0.05, 0.1) is 0 Å². The third-order valence-corrected chi connectivity index (χ3v) is 2.22. The van der Waals surface area contributed by atoms with Gasteiger partial charge >= 0.3 is 5.97 Å². The zero-order valence-corrected chi connectivity index (χ0v) is 8.20. The number of unbranched alkanes of at least 4 members (excludes halogenated alkanes) is 2. The van der Waals surface area contributed by atoms with Gasteiger partial charge in [-0.2, -0.15) is 0 Å². The van der Waals surface area contributed by atoms with Crippen molar-refractivity contribution in [2.45, 2.75) is 38.6 Å². The second-order valence-electron chi connectivity index (χ2n) is 3.41. The van der Waals surface area contributed by atoms with E-state index in [1.807, 2.05) is 13.0 Å². The Balaban J connectivity index is 3.55. The van der Waals surface area contributed by atoms with Gasteiger partial charge in [-0.15, -0.1) is 6.58 Å². The monoisotopic (exact) mass is 185 g/mol. The van der Waals surface area contributed by atoms with Crippen LogP contribution in [0.1, 0.15) is 32.6 Å². The summed E-state index contributed by atoms with van der Waals surface area (Å²) in [7, 11) is 0. The van der Waals surface area contributed by atoms with Crippen molar-refractivity contribution >= 4 is 5.97 Å². The molecule has 0 aliphatic carbocycles. The maximum Gasteiger partial charge on any atom is 0.320 e. The lowest BCUT2D eigenvalue weighted by atomic mass is 9.96. The molecule has 0 saturated carbocycles. The second kappa shape index (κ2) is 6.66. The minimum absolute atomic E-state index is 0.0577. The highest BCUT2D eigenvalue weighted by molar-refractivity contribution is 5.73. The highest BCUT2D eigenvalue weighted by atomic mass is 16.4. The summed E-state index contributed by atoms with van der Waals surface area (Å²) in [6.45, 7) is 5.50. The fourth-order valence-corrected chi connectivity index (χ4v) is 1.18. The van der Waals surface area contributed by atoms with Gasteiger partial charge in [0.2, 0.25) is 0 Å². The van der Waals surface area contributed by atoms with Crippen molar-refractivity contribution < 1.29 is 9.90 Å². The van der Waals surface area contributed by atoms with Gasteiger partial charge in [-0.3, -0.25) is 4.79 Å². The molecule has 0 aliphatic rings. The maximum absolute atomic E-state index is 10.5. The molecule has 0 aliphatic heterocycles.